The fourth-order valence-corrected chi connectivity index (χ4v) is 4.81. The van der Waals surface area contributed by atoms with Crippen LogP contribution in [-0.2, 0) is 14.3 Å². The Morgan fingerprint density at radius 2 is 2.13 bits per heavy atom. The minimum absolute atomic E-state index is 0.00267. The Morgan fingerprint density at radius 3 is 2.80 bits per heavy atom. The summed E-state index contributed by atoms with van der Waals surface area (Å²) in [7, 11) is 1.40. The van der Waals surface area contributed by atoms with E-state index in [9.17, 15) is 9.59 Å². The number of rotatable bonds is 7. The fourth-order valence-electron chi connectivity index (χ4n) is 3.88. The Labute approximate surface area is 181 Å². The van der Waals surface area contributed by atoms with Crippen molar-refractivity contribution < 1.29 is 14.3 Å². The molecule has 2 aliphatic heterocycles. The van der Waals surface area contributed by atoms with E-state index in [4.69, 9.17) is 9.73 Å². The number of hydrogen-bond acceptors (Lipinski definition) is 6. The number of esters is 1. The van der Waals surface area contributed by atoms with Gasteiger partial charge in [0.25, 0.3) is 0 Å². The van der Waals surface area contributed by atoms with Crippen LogP contribution in [0.15, 0.2) is 51.6 Å². The smallest absolute Gasteiger partial charge is 0.338 e. The summed E-state index contributed by atoms with van der Waals surface area (Å²) in [5, 5.41) is 5.82. The van der Waals surface area contributed by atoms with E-state index in [1.807, 2.05) is 42.4 Å². The molecule has 0 aromatic heterocycles. The fraction of sp³-hybridized carbons (Fsp3) is 0.435. The highest BCUT2D eigenvalue weighted by Crippen LogP contribution is 2.45. The van der Waals surface area contributed by atoms with E-state index in [0.29, 0.717) is 17.9 Å². The molecule has 0 bridgehead atoms. The number of amides is 1. The maximum atomic E-state index is 12.8. The lowest BCUT2D eigenvalue weighted by atomic mass is 9.92. The molecule has 6 nitrogen and oxygen atoms in total. The van der Waals surface area contributed by atoms with Gasteiger partial charge in [-0.15, -0.1) is 0 Å². The molecule has 0 spiro atoms. The van der Waals surface area contributed by atoms with Crippen molar-refractivity contribution in [2.75, 3.05) is 13.7 Å². The van der Waals surface area contributed by atoms with Gasteiger partial charge in [-0.05, 0) is 43.1 Å². The maximum absolute atomic E-state index is 12.8. The Balaban J connectivity index is 1.69. The summed E-state index contributed by atoms with van der Waals surface area (Å²) in [6, 6.07) is 7.76. The number of fused-ring (bicyclic) bond motifs is 1. The van der Waals surface area contributed by atoms with Crippen LogP contribution in [0.1, 0.15) is 49.8 Å². The Hall–Kier alpha value is -2.54. The summed E-state index contributed by atoms with van der Waals surface area (Å²) in [6.07, 6.45) is 3.29. The van der Waals surface area contributed by atoms with Crippen molar-refractivity contribution in [1.82, 2.24) is 10.2 Å². The van der Waals surface area contributed by atoms with Crippen LogP contribution in [0.5, 0.6) is 0 Å². The van der Waals surface area contributed by atoms with Gasteiger partial charge in [0.15, 0.2) is 5.17 Å². The largest absolute Gasteiger partial charge is 0.466 e. The average Bonchev–Trinajstić information content (AvgIpc) is 3.50. The number of aryl methyl sites for hydroxylation is 1. The third-order valence-corrected chi connectivity index (χ3v) is 6.50. The molecule has 1 atom stereocenters. The first-order valence-corrected chi connectivity index (χ1v) is 11.3. The zero-order chi connectivity index (χ0) is 21.3. The predicted molar refractivity (Wildman–Crippen MR) is 119 cm³/mol. The number of thioether (sulfide) groups is 1. The molecule has 0 unspecified atom stereocenters. The third kappa shape index (κ3) is 4.17. The van der Waals surface area contributed by atoms with E-state index in [2.05, 4.69) is 11.4 Å². The van der Waals surface area contributed by atoms with Crippen LogP contribution in [0, 0.1) is 12.8 Å². The number of ether oxygens (including phenoxy) is 1. The number of carbonyl (C=O) groups excluding carboxylic acids is 2. The Bertz CT molecular complexity index is 962. The number of amidine groups is 1. The van der Waals surface area contributed by atoms with Crippen molar-refractivity contribution in [2.24, 2.45) is 10.9 Å². The topological polar surface area (TPSA) is 71.0 Å². The van der Waals surface area contributed by atoms with E-state index >= 15 is 0 Å². The van der Waals surface area contributed by atoms with Gasteiger partial charge in [-0.25, -0.2) is 9.79 Å². The molecule has 158 valence electrons. The van der Waals surface area contributed by atoms with Crippen molar-refractivity contribution in [2.45, 2.75) is 45.6 Å². The van der Waals surface area contributed by atoms with Gasteiger partial charge in [-0.1, -0.05) is 48.5 Å². The average molecular weight is 426 g/mol. The second kappa shape index (κ2) is 8.68. The zero-order valence-electron chi connectivity index (χ0n) is 17.6. The van der Waals surface area contributed by atoms with Crippen LogP contribution in [0.25, 0.3) is 0 Å². The molecular weight excluding hydrogens is 398 g/mol. The predicted octanol–water partition coefficient (Wildman–Crippen LogP) is 4.05. The summed E-state index contributed by atoms with van der Waals surface area (Å²) >= 11 is 1.50. The number of methoxy groups -OCH3 is 1. The van der Waals surface area contributed by atoms with Crippen LogP contribution in [-0.4, -0.2) is 35.6 Å². The maximum Gasteiger partial charge on any atom is 0.338 e. The van der Waals surface area contributed by atoms with Gasteiger partial charge in [0.05, 0.1) is 30.8 Å². The highest BCUT2D eigenvalue weighted by atomic mass is 32.2. The second-order valence-corrected chi connectivity index (χ2v) is 8.77. The van der Waals surface area contributed by atoms with Crippen molar-refractivity contribution in [3.63, 3.8) is 0 Å². The van der Waals surface area contributed by atoms with Crippen LogP contribution in [0.3, 0.4) is 0 Å². The zero-order valence-corrected chi connectivity index (χ0v) is 18.4. The number of allylic oxidation sites excluding steroid dienone is 1. The van der Waals surface area contributed by atoms with E-state index in [1.54, 1.807) is 0 Å². The van der Waals surface area contributed by atoms with Gasteiger partial charge in [0, 0.05) is 12.2 Å². The van der Waals surface area contributed by atoms with E-state index in [0.717, 1.165) is 34.2 Å². The van der Waals surface area contributed by atoms with Gasteiger partial charge >= 0.3 is 5.97 Å². The van der Waals surface area contributed by atoms with Crippen molar-refractivity contribution >= 4 is 28.8 Å². The van der Waals surface area contributed by atoms with E-state index in [1.165, 1.54) is 31.7 Å². The number of aliphatic imine (C=N–C) groups is 1. The van der Waals surface area contributed by atoms with Gasteiger partial charge in [-0.2, -0.15) is 0 Å². The summed E-state index contributed by atoms with van der Waals surface area (Å²) in [6.45, 7) is 4.77. The molecule has 1 fully saturated rings. The molecule has 3 aliphatic rings. The SMILES string of the molecule is CCC1=C(C(=O)OC)[C@H](c2cccc(C)c2)N2C(CC(=O)NCC3CC3)=CSC2=N1. The van der Waals surface area contributed by atoms with Crippen molar-refractivity contribution in [3.05, 3.63) is 57.8 Å². The van der Waals surface area contributed by atoms with Gasteiger partial charge in [0.1, 0.15) is 0 Å². The quantitative estimate of drug-likeness (QED) is 0.668. The Kier molecular flexibility index (Phi) is 5.99. The summed E-state index contributed by atoms with van der Waals surface area (Å²) < 4.78 is 5.14. The highest BCUT2D eigenvalue weighted by Gasteiger charge is 2.41. The molecule has 0 saturated heterocycles. The van der Waals surface area contributed by atoms with Crippen molar-refractivity contribution in [3.8, 4) is 0 Å². The van der Waals surface area contributed by atoms with Gasteiger partial charge < -0.3 is 15.0 Å². The van der Waals surface area contributed by atoms with Crippen LogP contribution < -0.4 is 5.32 Å². The number of carbonyl (C=O) groups is 2. The molecule has 30 heavy (non-hydrogen) atoms. The lowest BCUT2D eigenvalue weighted by molar-refractivity contribution is -0.136. The van der Waals surface area contributed by atoms with E-state index in [-0.39, 0.29) is 24.3 Å². The molecule has 2 heterocycles. The van der Waals surface area contributed by atoms with Crippen LogP contribution in [0.4, 0.5) is 0 Å². The Morgan fingerprint density at radius 1 is 1.33 bits per heavy atom. The summed E-state index contributed by atoms with van der Waals surface area (Å²) in [5.41, 5.74) is 4.23. The normalized spacial score (nSPS) is 20.5. The lowest BCUT2D eigenvalue weighted by Gasteiger charge is -2.36. The highest BCUT2D eigenvalue weighted by molar-refractivity contribution is 8.16. The van der Waals surface area contributed by atoms with Crippen LogP contribution >= 0.6 is 11.8 Å². The summed E-state index contributed by atoms with van der Waals surface area (Å²) in [5.74, 6) is 0.257. The minimum Gasteiger partial charge on any atom is -0.466 e. The van der Waals surface area contributed by atoms with Crippen LogP contribution in [0.2, 0.25) is 0 Å². The number of benzene rings is 1. The molecule has 1 aliphatic carbocycles. The summed E-state index contributed by atoms with van der Waals surface area (Å²) in [4.78, 5) is 32.2. The third-order valence-electron chi connectivity index (χ3n) is 5.61. The molecule has 1 amide bonds. The minimum atomic E-state index is -0.379. The molecular formula is C23H27N3O3S. The van der Waals surface area contributed by atoms with Gasteiger partial charge in [0.2, 0.25) is 5.91 Å². The number of nitrogens with one attached hydrogen (secondary N) is 1. The number of hydrogen-bond donors (Lipinski definition) is 1. The molecule has 1 N–H and O–H groups in total. The molecule has 1 aromatic carbocycles. The molecule has 4 rings (SSSR count). The molecule has 0 radical (unpaired) electrons. The first kappa shape index (κ1) is 20.7. The second-order valence-electron chi connectivity index (χ2n) is 7.94. The molecule has 7 heteroatoms. The lowest BCUT2D eigenvalue weighted by Crippen LogP contribution is -2.38. The van der Waals surface area contributed by atoms with Gasteiger partial charge in [-0.3, -0.25) is 4.79 Å². The first-order valence-electron chi connectivity index (χ1n) is 10.4. The van der Waals surface area contributed by atoms with E-state index < -0.39 is 0 Å². The standard InChI is InChI=1S/C23H27N3O3S/c1-4-18-20(22(28)29-3)21(16-7-5-6-14(2)10-16)26-17(13-30-23(26)25-18)11-19(27)24-12-15-8-9-15/h5-7,10,13,15,21H,4,8-9,11-12H2,1-3H3,(H,24,27)/t21-/m0/s1. The first-order chi connectivity index (χ1) is 14.5. The molecule has 1 saturated carbocycles. The number of nitrogens with zero attached hydrogens (tertiary/aromatic N) is 2. The van der Waals surface area contributed by atoms with Crippen molar-refractivity contribution in [1.29, 1.82) is 0 Å². The molecule has 1 aromatic rings. The monoisotopic (exact) mass is 425 g/mol.